The molecule has 1 fully saturated rings. The van der Waals surface area contributed by atoms with Crippen LogP contribution in [0, 0.1) is 6.92 Å². The standard InChI is InChI=1S/C20H21N3O4S/c1-12-18(19(25)21-10-15-7-4-8-27-15)28-20-22-11-16(23(12)20)17(24)13-5-3-6-14(9-13)26-2/h3,5-6,9,11,15H,4,7-8,10H2,1-2H3,(H,21,25)/t15-/m1/s1. The van der Waals surface area contributed by atoms with Crippen molar-refractivity contribution in [2.75, 3.05) is 20.3 Å². The summed E-state index contributed by atoms with van der Waals surface area (Å²) in [5.74, 6) is 0.282. The average Bonchev–Trinajstić information content (AvgIpc) is 3.44. The van der Waals surface area contributed by atoms with Crippen molar-refractivity contribution in [1.82, 2.24) is 14.7 Å². The third-order valence-electron chi connectivity index (χ3n) is 4.87. The second kappa shape index (κ2) is 7.73. The SMILES string of the molecule is COc1cccc(C(=O)c2cnc3sc(C(=O)NC[C@H]4CCCO4)c(C)n23)c1. The summed E-state index contributed by atoms with van der Waals surface area (Å²) in [7, 11) is 1.56. The molecule has 1 N–H and O–H groups in total. The van der Waals surface area contributed by atoms with Gasteiger partial charge in [-0.2, -0.15) is 0 Å². The summed E-state index contributed by atoms with van der Waals surface area (Å²) >= 11 is 1.28. The number of ether oxygens (including phenoxy) is 2. The van der Waals surface area contributed by atoms with E-state index in [4.69, 9.17) is 9.47 Å². The fourth-order valence-electron chi connectivity index (χ4n) is 3.37. The first-order chi connectivity index (χ1) is 13.6. The minimum absolute atomic E-state index is 0.0819. The fourth-order valence-corrected chi connectivity index (χ4v) is 4.39. The molecule has 1 amide bonds. The van der Waals surface area contributed by atoms with E-state index in [1.165, 1.54) is 11.3 Å². The summed E-state index contributed by atoms with van der Waals surface area (Å²) < 4.78 is 12.5. The zero-order chi connectivity index (χ0) is 19.7. The van der Waals surface area contributed by atoms with Gasteiger partial charge in [-0.3, -0.25) is 14.0 Å². The van der Waals surface area contributed by atoms with Gasteiger partial charge in [-0.15, -0.1) is 0 Å². The van der Waals surface area contributed by atoms with Gasteiger partial charge in [0.15, 0.2) is 4.96 Å². The van der Waals surface area contributed by atoms with E-state index >= 15 is 0 Å². The monoisotopic (exact) mass is 399 g/mol. The van der Waals surface area contributed by atoms with E-state index in [2.05, 4.69) is 10.3 Å². The van der Waals surface area contributed by atoms with Crippen LogP contribution in [-0.2, 0) is 4.74 Å². The Morgan fingerprint density at radius 1 is 1.43 bits per heavy atom. The van der Waals surface area contributed by atoms with Gasteiger partial charge in [0.2, 0.25) is 5.78 Å². The number of amides is 1. The lowest BCUT2D eigenvalue weighted by Crippen LogP contribution is -2.31. The van der Waals surface area contributed by atoms with Gasteiger partial charge in [-0.05, 0) is 31.9 Å². The smallest absolute Gasteiger partial charge is 0.263 e. The van der Waals surface area contributed by atoms with Gasteiger partial charge in [0.25, 0.3) is 5.91 Å². The molecule has 3 heterocycles. The predicted molar refractivity (Wildman–Crippen MR) is 106 cm³/mol. The molecule has 7 nitrogen and oxygen atoms in total. The van der Waals surface area contributed by atoms with Crippen LogP contribution < -0.4 is 10.1 Å². The molecule has 1 saturated heterocycles. The molecule has 8 heteroatoms. The number of hydrogen-bond acceptors (Lipinski definition) is 6. The number of aromatic nitrogens is 2. The molecule has 3 aromatic rings. The second-order valence-corrected chi connectivity index (χ2v) is 7.66. The maximum absolute atomic E-state index is 13.0. The Bertz CT molecular complexity index is 1030. The van der Waals surface area contributed by atoms with E-state index in [9.17, 15) is 9.59 Å². The molecule has 1 aliphatic heterocycles. The Hall–Kier alpha value is -2.71. The van der Waals surface area contributed by atoms with Crippen molar-refractivity contribution in [3.8, 4) is 5.75 Å². The first kappa shape index (κ1) is 18.6. The van der Waals surface area contributed by atoms with Crippen molar-refractivity contribution in [3.05, 3.63) is 52.3 Å². The molecule has 0 saturated carbocycles. The Labute approximate surface area is 166 Å². The summed E-state index contributed by atoms with van der Waals surface area (Å²) in [6.45, 7) is 3.07. The third kappa shape index (κ3) is 3.41. The number of carbonyl (C=O) groups excluding carboxylic acids is 2. The number of imidazole rings is 1. The number of rotatable bonds is 6. The van der Waals surface area contributed by atoms with E-state index in [0.29, 0.717) is 39.1 Å². The highest BCUT2D eigenvalue weighted by atomic mass is 32.1. The van der Waals surface area contributed by atoms with Crippen molar-refractivity contribution < 1.29 is 19.1 Å². The van der Waals surface area contributed by atoms with Crippen LogP contribution in [0.15, 0.2) is 30.5 Å². The molecule has 28 heavy (non-hydrogen) atoms. The van der Waals surface area contributed by atoms with Crippen molar-refractivity contribution in [1.29, 1.82) is 0 Å². The number of benzene rings is 1. The highest BCUT2D eigenvalue weighted by molar-refractivity contribution is 7.19. The zero-order valence-corrected chi connectivity index (χ0v) is 16.5. The number of ketones is 1. The van der Waals surface area contributed by atoms with Crippen LogP contribution >= 0.6 is 11.3 Å². The van der Waals surface area contributed by atoms with E-state index in [1.54, 1.807) is 42.0 Å². The van der Waals surface area contributed by atoms with Crippen LogP contribution in [-0.4, -0.2) is 47.4 Å². The predicted octanol–water partition coefficient (Wildman–Crippen LogP) is 2.85. The van der Waals surface area contributed by atoms with Crippen LogP contribution in [0.4, 0.5) is 0 Å². The maximum atomic E-state index is 13.0. The topological polar surface area (TPSA) is 81.9 Å². The van der Waals surface area contributed by atoms with E-state index in [-0.39, 0.29) is 17.8 Å². The van der Waals surface area contributed by atoms with Crippen LogP contribution in [0.1, 0.15) is 44.3 Å². The summed E-state index contributed by atoms with van der Waals surface area (Å²) in [5, 5.41) is 2.93. The normalized spacial score (nSPS) is 16.4. The number of nitrogens with one attached hydrogen (secondary N) is 1. The molecular formula is C20H21N3O4S. The largest absolute Gasteiger partial charge is 0.497 e. The molecule has 0 unspecified atom stereocenters. The van der Waals surface area contributed by atoms with E-state index in [0.717, 1.165) is 19.4 Å². The summed E-state index contributed by atoms with van der Waals surface area (Å²) in [6, 6.07) is 6.99. The van der Waals surface area contributed by atoms with Gasteiger partial charge in [-0.25, -0.2) is 4.98 Å². The van der Waals surface area contributed by atoms with Crippen molar-refractivity contribution >= 4 is 28.0 Å². The molecule has 2 aromatic heterocycles. The Morgan fingerprint density at radius 3 is 3.04 bits per heavy atom. The minimum atomic E-state index is -0.168. The van der Waals surface area contributed by atoms with E-state index in [1.807, 2.05) is 6.92 Å². The minimum Gasteiger partial charge on any atom is -0.497 e. The lowest BCUT2D eigenvalue weighted by atomic mass is 10.1. The van der Waals surface area contributed by atoms with Crippen molar-refractivity contribution in [2.24, 2.45) is 0 Å². The lowest BCUT2D eigenvalue weighted by Gasteiger charge is -2.10. The Morgan fingerprint density at radius 2 is 2.29 bits per heavy atom. The van der Waals surface area contributed by atoms with Gasteiger partial charge >= 0.3 is 0 Å². The summed E-state index contributed by atoms with van der Waals surface area (Å²) in [4.78, 5) is 31.1. The summed E-state index contributed by atoms with van der Waals surface area (Å²) in [5.41, 5.74) is 1.64. The molecule has 0 aliphatic carbocycles. The van der Waals surface area contributed by atoms with Crippen LogP contribution in [0.3, 0.4) is 0 Å². The Kier molecular flexibility index (Phi) is 5.15. The highest BCUT2D eigenvalue weighted by Gasteiger charge is 2.23. The fraction of sp³-hybridized carbons (Fsp3) is 0.350. The highest BCUT2D eigenvalue weighted by Crippen LogP contribution is 2.26. The molecular weight excluding hydrogens is 378 g/mol. The molecule has 146 valence electrons. The number of nitrogens with zero attached hydrogens (tertiary/aromatic N) is 2. The molecule has 1 atom stereocenters. The number of methoxy groups -OCH3 is 1. The molecule has 0 spiro atoms. The molecule has 4 rings (SSSR count). The number of aryl methyl sites for hydroxylation is 1. The molecule has 1 aromatic carbocycles. The third-order valence-corrected chi connectivity index (χ3v) is 6.03. The Balaban J connectivity index is 1.60. The lowest BCUT2D eigenvalue weighted by molar-refractivity contribution is 0.0860. The van der Waals surface area contributed by atoms with Crippen LogP contribution in [0.2, 0.25) is 0 Å². The number of thiazole rings is 1. The second-order valence-electron chi connectivity index (χ2n) is 6.68. The van der Waals surface area contributed by atoms with Crippen molar-refractivity contribution in [2.45, 2.75) is 25.9 Å². The van der Waals surface area contributed by atoms with Gasteiger partial charge in [0.05, 0.1) is 19.4 Å². The first-order valence-corrected chi connectivity index (χ1v) is 9.95. The van der Waals surface area contributed by atoms with Crippen LogP contribution in [0.25, 0.3) is 4.96 Å². The van der Waals surface area contributed by atoms with Crippen LogP contribution in [0.5, 0.6) is 5.75 Å². The molecule has 1 aliphatic rings. The zero-order valence-electron chi connectivity index (χ0n) is 15.7. The van der Waals surface area contributed by atoms with Crippen molar-refractivity contribution in [3.63, 3.8) is 0 Å². The van der Waals surface area contributed by atoms with E-state index < -0.39 is 0 Å². The first-order valence-electron chi connectivity index (χ1n) is 9.14. The van der Waals surface area contributed by atoms with Gasteiger partial charge in [-0.1, -0.05) is 23.5 Å². The maximum Gasteiger partial charge on any atom is 0.263 e. The quantitative estimate of drug-likeness (QED) is 0.645. The van der Waals surface area contributed by atoms with Gasteiger partial charge in [0.1, 0.15) is 16.3 Å². The average molecular weight is 399 g/mol. The number of fused-ring (bicyclic) bond motifs is 1. The van der Waals surface area contributed by atoms with Gasteiger partial charge in [0, 0.05) is 24.4 Å². The number of carbonyl (C=O) groups is 2. The number of hydrogen-bond donors (Lipinski definition) is 1. The molecule has 0 radical (unpaired) electrons. The molecule has 0 bridgehead atoms. The van der Waals surface area contributed by atoms with Gasteiger partial charge < -0.3 is 14.8 Å². The summed E-state index contributed by atoms with van der Waals surface area (Å²) in [6.07, 6.45) is 3.63.